The van der Waals surface area contributed by atoms with Crippen LogP contribution < -0.4 is 5.32 Å². The normalized spacial score (nSPS) is 47.1. The zero-order valence-electron chi connectivity index (χ0n) is 9.88. The second-order valence-electron chi connectivity index (χ2n) is 5.41. The minimum atomic E-state index is 0.362. The second kappa shape index (κ2) is 3.79. The molecule has 0 spiro atoms. The average molecular weight is 230 g/mol. The van der Waals surface area contributed by atoms with E-state index >= 15 is 0 Å². The van der Waals surface area contributed by atoms with Crippen molar-refractivity contribution in [2.24, 2.45) is 16.8 Å². The van der Waals surface area contributed by atoms with Crippen LogP contribution in [0.15, 0.2) is 29.3 Å². The number of aliphatic imine (C=N–C) groups is 1. The Morgan fingerprint density at radius 3 is 3.24 bits per heavy atom. The first-order valence-electron chi connectivity index (χ1n) is 6.70. The highest BCUT2D eigenvalue weighted by atomic mass is 16.5. The third kappa shape index (κ3) is 1.45. The van der Waals surface area contributed by atoms with Crippen LogP contribution in [0.25, 0.3) is 0 Å². The van der Waals surface area contributed by atoms with Crippen LogP contribution in [-0.2, 0) is 4.74 Å². The van der Waals surface area contributed by atoms with E-state index in [0.717, 1.165) is 26.0 Å². The Bertz CT molecular complexity index is 412. The number of hydrogen-bond donors (Lipinski definition) is 1. The molecule has 0 aromatic heterocycles. The van der Waals surface area contributed by atoms with Gasteiger partial charge in [0.2, 0.25) is 0 Å². The summed E-state index contributed by atoms with van der Waals surface area (Å²) in [5.41, 5.74) is 1.40. The van der Waals surface area contributed by atoms with Gasteiger partial charge in [0.1, 0.15) is 0 Å². The first-order chi connectivity index (χ1) is 8.43. The fraction of sp³-hybridized carbons (Fsp3) is 0.643. The van der Waals surface area contributed by atoms with Crippen molar-refractivity contribution in [1.29, 1.82) is 0 Å². The lowest BCUT2D eigenvalue weighted by atomic mass is 9.77. The highest BCUT2D eigenvalue weighted by Crippen LogP contribution is 2.39. The molecule has 2 heterocycles. The van der Waals surface area contributed by atoms with Gasteiger partial charge in [-0.3, -0.25) is 4.99 Å². The molecule has 1 N–H and O–H groups in total. The van der Waals surface area contributed by atoms with E-state index in [2.05, 4.69) is 29.6 Å². The van der Waals surface area contributed by atoms with E-state index in [1.165, 1.54) is 5.71 Å². The van der Waals surface area contributed by atoms with Gasteiger partial charge in [-0.2, -0.15) is 0 Å². The predicted octanol–water partition coefficient (Wildman–Crippen LogP) is 1.32. The molecule has 3 heteroatoms. The maximum absolute atomic E-state index is 5.96. The van der Waals surface area contributed by atoms with Crippen molar-refractivity contribution in [3.05, 3.63) is 24.3 Å². The zero-order valence-corrected chi connectivity index (χ0v) is 9.88. The van der Waals surface area contributed by atoms with Gasteiger partial charge in [-0.25, -0.2) is 0 Å². The highest BCUT2D eigenvalue weighted by molar-refractivity contribution is 5.91. The molecule has 0 radical (unpaired) electrons. The summed E-state index contributed by atoms with van der Waals surface area (Å²) in [5.74, 6) is 1.05. The maximum atomic E-state index is 5.96. The molecule has 90 valence electrons. The van der Waals surface area contributed by atoms with Gasteiger partial charge in [0.25, 0.3) is 0 Å². The lowest BCUT2D eigenvalue weighted by Gasteiger charge is -2.39. The molecule has 4 aliphatic rings. The minimum absolute atomic E-state index is 0.362. The summed E-state index contributed by atoms with van der Waals surface area (Å²) in [4.78, 5) is 4.95. The van der Waals surface area contributed by atoms with Gasteiger partial charge < -0.3 is 10.1 Å². The maximum Gasteiger partial charge on any atom is 0.0760 e. The predicted molar refractivity (Wildman–Crippen MR) is 67.2 cm³/mol. The Morgan fingerprint density at radius 2 is 2.24 bits per heavy atom. The molecule has 1 saturated carbocycles. The zero-order chi connectivity index (χ0) is 11.2. The number of ether oxygens (including phenoxy) is 1. The van der Waals surface area contributed by atoms with Gasteiger partial charge in [0.15, 0.2) is 0 Å². The van der Waals surface area contributed by atoms with Crippen LogP contribution in [-0.4, -0.2) is 37.1 Å². The molecular weight excluding hydrogens is 212 g/mol. The van der Waals surface area contributed by atoms with Gasteiger partial charge in [-0.1, -0.05) is 24.3 Å². The molecule has 5 atom stereocenters. The van der Waals surface area contributed by atoms with Crippen molar-refractivity contribution >= 4 is 5.71 Å². The summed E-state index contributed by atoms with van der Waals surface area (Å²) in [6, 6.07) is 0.893. The van der Waals surface area contributed by atoms with Crippen LogP contribution in [0.3, 0.4) is 0 Å². The van der Waals surface area contributed by atoms with Crippen molar-refractivity contribution in [3.8, 4) is 0 Å². The van der Waals surface area contributed by atoms with Crippen molar-refractivity contribution in [2.75, 3.05) is 13.2 Å². The first kappa shape index (κ1) is 10.0. The summed E-state index contributed by atoms with van der Waals surface area (Å²) < 4.78 is 5.96. The molecule has 0 amide bonds. The van der Waals surface area contributed by atoms with Crippen molar-refractivity contribution in [1.82, 2.24) is 5.32 Å². The van der Waals surface area contributed by atoms with Gasteiger partial charge in [-0.15, -0.1) is 0 Å². The Hall–Kier alpha value is -0.930. The molecule has 2 aliphatic heterocycles. The van der Waals surface area contributed by atoms with Crippen molar-refractivity contribution in [2.45, 2.75) is 31.0 Å². The van der Waals surface area contributed by atoms with Crippen LogP contribution in [0.1, 0.15) is 12.8 Å². The summed E-state index contributed by atoms with van der Waals surface area (Å²) in [6.45, 7) is 1.83. The van der Waals surface area contributed by atoms with E-state index < -0.39 is 0 Å². The van der Waals surface area contributed by atoms with Gasteiger partial charge in [0, 0.05) is 30.1 Å². The molecule has 0 aromatic carbocycles. The number of allylic oxidation sites excluding steroid dienone is 2. The Labute approximate surface area is 102 Å². The highest BCUT2D eigenvalue weighted by Gasteiger charge is 2.47. The largest absolute Gasteiger partial charge is 0.376 e. The van der Waals surface area contributed by atoms with Crippen LogP contribution in [0.4, 0.5) is 0 Å². The van der Waals surface area contributed by atoms with Crippen molar-refractivity contribution < 1.29 is 4.74 Å². The molecule has 0 bridgehead atoms. The van der Waals surface area contributed by atoms with E-state index in [1.807, 2.05) is 0 Å². The number of rotatable bonds is 0. The summed E-state index contributed by atoms with van der Waals surface area (Å²) in [7, 11) is 0. The summed E-state index contributed by atoms with van der Waals surface area (Å²) >= 11 is 0. The minimum Gasteiger partial charge on any atom is -0.376 e. The van der Waals surface area contributed by atoms with Gasteiger partial charge in [-0.05, 0) is 12.8 Å². The smallest absolute Gasteiger partial charge is 0.0760 e. The lowest BCUT2D eigenvalue weighted by molar-refractivity contribution is 0.0468. The molecule has 4 rings (SSSR count). The molecule has 0 aromatic rings. The van der Waals surface area contributed by atoms with Crippen LogP contribution >= 0.6 is 0 Å². The molecule has 5 unspecified atom stereocenters. The number of nitrogens with zero attached hydrogens (tertiary/aromatic N) is 1. The van der Waals surface area contributed by atoms with E-state index in [9.17, 15) is 0 Å². The third-order valence-electron chi connectivity index (χ3n) is 4.55. The Morgan fingerprint density at radius 1 is 1.29 bits per heavy atom. The monoisotopic (exact) mass is 230 g/mol. The van der Waals surface area contributed by atoms with Crippen LogP contribution in [0, 0.1) is 11.8 Å². The number of nitrogens with one attached hydrogen (secondary N) is 1. The molecule has 17 heavy (non-hydrogen) atoms. The van der Waals surface area contributed by atoms with Crippen LogP contribution in [0.2, 0.25) is 0 Å². The molecule has 3 nitrogen and oxygen atoms in total. The molecule has 2 fully saturated rings. The lowest BCUT2D eigenvalue weighted by Crippen LogP contribution is -2.51. The SMILES string of the molecule is C1=CC2N=C3CCC4OCCNC(C2C=C1)C34. The van der Waals surface area contributed by atoms with E-state index in [1.54, 1.807) is 0 Å². The van der Waals surface area contributed by atoms with Crippen molar-refractivity contribution in [3.63, 3.8) is 0 Å². The molecule has 2 aliphatic carbocycles. The second-order valence-corrected chi connectivity index (χ2v) is 5.41. The van der Waals surface area contributed by atoms with Gasteiger partial charge in [0.05, 0.1) is 18.8 Å². The Balaban J connectivity index is 1.77. The van der Waals surface area contributed by atoms with Gasteiger partial charge >= 0.3 is 0 Å². The summed E-state index contributed by atoms with van der Waals surface area (Å²) in [5, 5.41) is 3.69. The standard InChI is InChI=1S/C14H18N2O/c1-2-4-10-9(3-1)14-13-11(16-10)5-6-12(13)17-8-7-15-14/h1-4,9-10,12-15H,5-8H2. The number of fused-ring (bicyclic) bond motifs is 2. The van der Waals surface area contributed by atoms with Crippen LogP contribution in [0.5, 0.6) is 0 Å². The van der Waals surface area contributed by atoms with E-state index in [-0.39, 0.29) is 0 Å². The van der Waals surface area contributed by atoms with E-state index in [4.69, 9.17) is 9.73 Å². The topological polar surface area (TPSA) is 33.6 Å². The molecular formula is C14H18N2O. The first-order valence-corrected chi connectivity index (χ1v) is 6.70. The number of hydrogen-bond acceptors (Lipinski definition) is 3. The fourth-order valence-electron chi connectivity index (χ4n) is 3.83. The quantitative estimate of drug-likeness (QED) is 0.681. The third-order valence-corrected chi connectivity index (χ3v) is 4.55. The summed E-state index contributed by atoms with van der Waals surface area (Å²) in [6.07, 6.45) is 11.6. The molecule has 1 saturated heterocycles. The average Bonchev–Trinajstić information content (AvgIpc) is 2.64. The van der Waals surface area contributed by atoms with E-state index in [0.29, 0.717) is 30.0 Å². The fourth-order valence-corrected chi connectivity index (χ4v) is 3.83. The Kier molecular flexibility index (Phi) is 2.24.